The van der Waals surface area contributed by atoms with Crippen molar-refractivity contribution in [1.29, 1.82) is 5.26 Å². The van der Waals surface area contributed by atoms with E-state index in [1.807, 2.05) is 38.1 Å². The highest BCUT2D eigenvalue weighted by Gasteiger charge is 2.12. The van der Waals surface area contributed by atoms with Gasteiger partial charge in [-0.25, -0.2) is 14.4 Å². The Morgan fingerprint density at radius 2 is 1.81 bits per heavy atom. The largest absolute Gasteiger partial charge is 0.379 e. The lowest BCUT2D eigenvalue weighted by Gasteiger charge is -2.13. The molecule has 0 aliphatic rings. The molecule has 4 aromatic rings. The second-order valence-electron chi connectivity index (χ2n) is 7.47. The highest BCUT2D eigenvalue weighted by molar-refractivity contribution is 6.34. The molecule has 0 fully saturated rings. The first-order valence-electron chi connectivity index (χ1n) is 9.79. The average Bonchev–Trinajstić information content (AvgIpc) is 2.79. The number of rotatable bonds is 5. The van der Waals surface area contributed by atoms with Gasteiger partial charge in [0.05, 0.1) is 27.9 Å². The van der Waals surface area contributed by atoms with Crippen molar-refractivity contribution in [2.24, 2.45) is 0 Å². The summed E-state index contributed by atoms with van der Waals surface area (Å²) < 4.78 is 14.2. The molecular formula is C24H19ClFN5. The van der Waals surface area contributed by atoms with Crippen molar-refractivity contribution in [1.82, 2.24) is 15.0 Å². The summed E-state index contributed by atoms with van der Waals surface area (Å²) in [6.45, 7) is 4.27. The van der Waals surface area contributed by atoms with Gasteiger partial charge in [-0.2, -0.15) is 5.26 Å². The summed E-state index contributed by atoms with van der Waals surface area (Å²) in [5, 5.41) is 13.5. The summed E-state index contributed by atoms with van der Waals surface area (Å²) in [5.41, 5.74) is 3.99. The summed E-state index contributed by atoms with van der Waals surface area (Å²) in [5.74, 6) is 0.659. The van der Waals surface area contributed by atoms with Crippen molar-refractivity contribution < 1.29 is 4.39 Å². The van der Waals surface area contributed by atoms with E-state index in [-0.39, 0.29) is 18.3 Å². The van der Waals surface area contributed by atoms with Crippen LogP contribution in [0.1, 0.15) is 36.7 Å². The highest BCUT2D eigenvalue weighted by atomic mass is 35.5. The smallest absolute Gasteiger partial charge is 0.130 e. The van der Waals surface area contributed by atoms with Crippen LogP contribution in [0.4, 0.5) is 10.1 Å². The summed E-state index contributed by atoms with van der Waals surface area (Å²) in [6, 6.07) is 12.1. The third kappa shape index (κ3) is 4.32. The van der Waals surface area contributed by atoms with Gasteiger partial charge in [-0.1, -0.05) is 31.5 Å². The Labute approximate surface area is 184 Å². The summed E-state index contributed by atoms with van der Waals surface area (Å²) in [6.07, 6.45) is 5.17. The second-order valence-corrected chi connectivity index (χ2v) is 7.88. The number of nitrogens with one attached hydrogen (secondary N) is 1. The number of benzene rings is 2. The summed E-state index contributed by atoms with van der Waals surface area (Å²) in [7, 11) is 0. The molecule has 2 heterocycles. The normalized spacial score (nSPS) is 11.0. The number of hydrogen-bond acceptors (Lipinski definition) is 5. The first kappa shape index (κ1) is 20.7. The van der Waals surface area contributed by atoms with E-state index in [1.54, 1.807) is 18.6 Å². The van der Waals surface area contributed by atoms with E-state index in [1.165, 1.54) is 18.2 Å². The monoisotopic (exact) mass is 431 g/mol. The van der Waals surface area contributed by atoms with E-state index in [9.17, 15) is 4.39 Å². The van der Waals surface area contributed by atoms with Crippen LogP contribution in [0, 0.1) is 17.1 Å². The maximum Gasteiger partial charge on any atom is 0.130 e. The fraction of sp³-hybridized carbons (Fsp3) is 0.167. The van der Waals surface area contributed by atoms with Gasteiger partial charge in [0, 0.05) is 47.6 Å². The Bertz CT molecular complexity index is 1300. The van der Waals surface area contributed by atoms with Crippen molar-refractivity contribution in [3.05, 3.63) is 82.8 Å². The number of hydrogen-bond donors (Lipinski definition) is 1. The molecule has 1 N–H and O–H groups in total. The van der Waals surface area contributed by atoms with Crippen molar-refractivity contribution >= 4 is 28.2 Å². The Hall–Kier alpha value is -3.56. The molecule has 0 saturated heterocycles. The third-order valence-corrected chi connectivity index (χ3v) is 5.26. The molecule has 154 valence electrons. The molecule has 0 atom stereocenters. The zero-order chi connectivity index (χ0) is 22.0. The lowest BCUT2D eigenvalue weighted by Crippen LogP contribution is -2.04. The molecule has 2 aromatic heterocycles. The quantitative estimate of drug-likeness (QED) is 0.413. The number of anilines is 1. The number of nitriles is 1. The molecule has 4 rings (SSSR count). The van der Waals surface area contributed by atoms with E-state index in [4.69, 9.17) is 16.9 Å². The van der Waals surface area contributed by atoms with Crippen molar-refractivity contribution in [3.8, 4) is 17.2 Å². The Balaban J connectivity index is 1.71. The maximum absolute atomic E-state index is 14.2. The van der Waals surface area contributed by atoms with Crippen LogP contribution in [0.25, 0.3) is 22.0 Å². The fourth-order valence-corrected chi connectivity index (χ4v) is 3.49. The van der Waals surface area contributed by atoms with Crippen LogP contribution in [0.2, 0.25) is 5.02 Å². The zero-order valence-corrected chi connectivity index (χ0v) is 17.8. The molecule has 0 saturated carbocycles. The number of aromatic nitrogens is 3. The minimum atomic E-state index is -0.385. The second kappa shape index (κ2) is 8.66. The maximum atomic E-state index is 14.2. The summed E-state index contributed by atoms with van der Waals surface area (Å²) >= 11 is 6.43. The number of pyridine rings is 1. The first-order chi connectivity index (χ1) is 15.0. The van der Waals surface area contributed by atoms with Crippen LogP contribution in [0.15, 0.2) is 55.0 Å². The van der Waals surface area contributed by atoms with Crippen LogP contribution < -0.4 is 5.32 Å². The molecule has 0 amide bonds. The van der Waals surface area contributed by atoms with Gasteiger partial charge in [-0.15, -0.1) is 0 Å². The summed E-state index contributed by atoms with van der Waals surface area (Å²) in [4.78, 5) is 13.3. The standard InChI is InChI=1S/C24H19ClFN5/c1-14(2)24-30-11-18(12-31-24)16-4-6-22-19(8-16)23(20(25)13-28-22)29-10-17-7-15(9-27)3-5-21(17)26/h3-8,11-14H,10H2,1-2H3,(H,28,29). The highest BCUT2D eigenvalue weighted by Crippen LogP contribution is 2.33. The van der Waals surface area contributed by atoms with Gasteiger partial charge < -0.3 is 5.32 Å². The van der Waals surface area contributed by atoms with E-state index in [2.05, 4.69) is 20.3 Å². The fourth-order valence-electron chi connectivity index (χ4n) is 3.28. The molecule has 2 aromatic carbocycles. The molecule has 0 spiro atoms. The van der Waals surface area contributed by atoms with Gasteiger partial charge in [-0.05, 0) is 35.9 Å². The molecule has 0 bridgehead atoms. The predicted molar refractivity (Wildman–Crippen MR) is 120 cm³/mol. The number of fused-ring (bicyclic) bond motifs is 1. The first-order valence-corrected chi connectivity index (χ1v) is 10.2. The SMILES string of the molecule is CC(C)c1ncc(-c2ccc3ncc(Cl)c(NCc4cc(C#N)ccc4F)c3c2)cn1. The minimum Gasteiger partial charge on any atom is -0.379 e. The molecule has 31 heavy (non-hydrogen) atoms. The van der Waals surface area contributed by atoms with E-state index in [0.29, 0.717) is 21.8 Å². The number of halogens is 2. The molecule has 7 heteroatoms. The van der Waals surface area contributed by atoms with Gasteiger partial charge >= 0.3 is 0 Å². The van der Waals surface area contributed by atoms with Crippen molar-refractivity contribution in [2.45, 2.75) is 26.3 Å². The molecule has 0 aliphatic carbocycles. The average molecular weight is 432 g/mol. The minimum absolute atomic E-state index is 0.177. The van der Waals surface area contributed by atoms with Crippen LogP contribution in [0.3, 0.4) is 0 Å². The van der Waals surface area contributed by atoms with Crippen LogP contribution in [-0.4, -0.2) is 15.0 Å². The predicted octanol–water partition coefficient (Wildman–Crippen LogP) is 6.09. The van der Waals surface area contributed by atoms with E-state index < -0.39 is 0 Å². The van der Waals surface area contributed by atoms with Gasteiger partial charge in [0.2, 0.25) is 0 Å². The van der Waals surface area contributed by atoms with Crippen LogP contribution >= 0.6 is 11.6 Å². The lowest BCUT2D eigenvalue weighted by atomic mass is 10.0. The van der Waals surface area contributed by atoms with Gasteiger partial charge in [0.1, 0.15) is 11.6 Å². The van der Waals surface area contributed by atoms with Crippen molar-refractivity contribution in [3.63, 3.8) is 0 Å². The van der Waals surface area contributed by atoms with Crippen LogP contribution in [0.5, 0.6) is 0 Å². The lowest BCUT2D eigenvalue weighted by molar-refractivity contribution is 0.613. The van der Waals surface area contributed by atoms with Crippen LogP contribution in [-0.2, 0) is 6.54 Å². The molecule has 0 aliphatic heterocycles. The Morgan fingerprint density at radius 1 is 1.03 bits per heavy atom. The Morgan fingerprint density at radius 3 is 2.52 bits per heavy atom. The third-order valence-electron chi connectivity index (χ3n) is 4.97. The van der Waals surface area contributed by atoms with E-state index in [0.717, 1.165) is 27.9 Å². The molecule has 0 unspecified atom stereocenters. The van der Waals surface area contributed by atoms with Gasteiger partial charge in [-0.3, -0.25) is 4.98 Å². The van der Waals surface area contributed by atoms with E-state index >= 15 is 0 Å². The molecule has 0 radical (unpaired) electrons. The molecular weight excluding hydrogens is 413 g/mol. The number of nitrogens with zero attached hydrogens (tertiary/aromatic N) is 4. The van der Waals surface area contributed by atoms with Gasteiger partial charge in [0.15, 0.2) is 0 Å². The topological polar surface area (TPSA) is 74.5 Å². The Kier molecular flexibility index (Phi) is 5.79. The zero-order valence-electron chi connectivity index (χ0n) is 17.0. The molecule has 5 nitrogen and oxygen atoms in total. The van der Waals surface area contributed by atoms with Crippen molar-refractivity contribution in [2.75, 3.05) is 5.32 Å². The van der Waals surface area contributed by atoms with Gasteiger partial charge in [0.25, 0.3) is 0 Å².